The summed E-state index contributed by atoms with van der Waals surface area (Å²) in [5.41, 5.74) is 0.908. The van der Waals surface area contributed by atoms with E-state index in [0.717, 1.165) is 66.2 Å². The first kappa shape index (κ1) is 16.0. The molecule has 2 aliphatic rings. The Labute approximate surface area is 145 Å². The normalized spacial score (nSPS) is 22.4. The Bertz CT molecular complexity index is 769. The highest BCUT2D eigenvalue weighted by Crippen LogP contribution is 2.33. The molecule has 1 aromatic heterocycles. The van der Waals surface area contributed by atoms with Crippen molar-refractivity contribution >= 4 is 27.3 Å². The third-order valence-electron chi connectivity index (χ3n) is 5.21. The van der Waals surface area contributed by atoms with Gasteiger partial charge in [0, 0.05) is 50.0 Å². The average molecular weight is 347 g/mol. The van der Waals surface area contributed by atoms with Gasteiger partial charge in [-0.2, -0.15) is 0 Å². The van der Waals surface area contributed by atoms with Gasteiger partial charge in [-0.3, -0.25) is 9.69 Å². The predicted molar refractivity (Wildman–Crippen MR) is 95.3 cm³/mol. The van der Waals surface area contributed by atoms with E-state index in [9.17, 15) is 9.18 Å². The number of fused-ring (bicyclic) bond motifs is 1. The van der Waals surface area contributed by atoms with Gasteiger partial charge >= 0.3 is 0 Å². The van der Waals surface area contributed by atoms with Crippen molar-refractivity contribution in [1.82, 2.24) is 15.1 Å². The highest BCUT2D eigenvalue weighted by atomic mass is 32.1. The van der Waals surface area contributed by atoms with Gasteiger partial charge in [0.25, 0.3) is 5.91 Å². The summed E-state index contributed by atoms with van der Waals surface area (Å²) in [6.07, 6.45) is 1.05. The first-order chi connectivity index (χ1) is 11.6. The number of hydrogen-bond acceptors (Lipinski definition) is 4. The van der Waals surface area contributed by atoms with Crippen LogP contribution in [-0.2, 0) is 0 Å². The molecule has 2 aliphatic heterocycles. The lowest BCUT2D eigenvalue weighted by atomic mass is 10.1. The van der Waals surface area contributed by atoms with Crippen molar-refractivity contribution in [2.24, 2.45) is 0 Å². The molecule has 1 amide bonds. The van der Waals surface area contributed by atoms with E-state index >= 15 is 0 Å². The van der Waals surface area contributed by atoms with Crippen molar-refractivity contribution < 1.29 is 9.18 Å². The van der Waals surface area contributed by atoms with Gasteiger partial charge in [-0.1, -0.05) is 0 Å². The smallest absolute Gasteiger partial charge is 0.264 e. The zero-order valence-corrected chi connectivity index (χ0v) is 14.7. The van der Waals surface area contributed by atoms with Crippen molar-refractivity contribution in [2.45, 2.75) is 19.4 Å². The molecule has 128 valence electrons. The Morgan fingerprint density at radius 1 is 1.29 bits per heavy atom. The number of benzene rings is 1. The second-order valence-corrected chi connectivity index (χ2v) is 7.73. The zero-order chi connectivity index (χ0) is 16.7. The summed E-state index contributed by atoms with van der Waals surface area (Å²) in [5.74, 6) is -0.144. The minimum absolute atomic E-state index is 0.103. The summed E-state index contributed by atoms with van der Waals surface area (Å²) in [4.78, 5) is 18.2. The largest absolute Gasteiger partial charge is 0.336 e. The molecule has 1 unspecified atom stereocenters. The predicted octanol–water partition coefficient (Wildman–Crippen LogP) is 2.47. The Kier molecular flexibility index (Phi) is 4.28. The second-order valence-electron chi connectivity index (χ2n) is 6.68. The van der Waals surface area contributed by atoms with Crippen LogP contribution in [0.5, 0.6) is 0 Å². The van der Waals surface area contributed by atoms with Crippen LogP contribution >= 0.6 is 11.3 Å². The summed E-state index contributed by atoms with van der Waals surface area (Å²) in [6.45, 7) is 7.74. The third-order valence-corrected chi connectivity index (χ3v) is 6.47. The number of carbonyl (C=O) groups excluding carboxylic acids is 1. The van der Waals surface area contributed by atoms with E-state index in [1.54, 1.807) is 6.07 Å². The van der Waals surface area contributed by atoms with Crippen LogP contribution in [0.25, 0.3) is 10.1 Å². The van der Waals surface area contributed by atoms with Gasteiger partial charge in [0.2, 0.25) is 0 Å². The maximum absolute atomic E-state index is 13.5. The average Bonchev–Trinajstić information content (AvgIpc) is 3.21. The lowest BCUT2D eigenvalue weighted by Gasteiger charge is -2.32. The van der Waals surface area contributed by atoms with Gasteiger partial charge in [-0.15, -0.1) is 11.3 Å². The van der Waals surface area contributed by atoms with Gasteiger partial charge in [-0.05, 0) is 42.5 Å². The van der Waals surface area contributed by atoms with Crippen molar-refractivity contribution in [3.05, 3.63) is 34.5 Å². The van der Waals surface area contributed by atoms with E-state index in [-0.39, 0.29) is 11.7 Å². The molecule has 1 atom stereocenters. The second kappa shape index (κ2) is 6.43. The number of amides is 1. The van der Waals surface area contributed by atoms with E-state index < -0.39 is 0 Å². The van der Waals surface area contributed by atoms with Gasteiger partial charge in [0.1, 0.15) is 5.82 Å². The number of halogens is 1. The van der Waals surface area contributed by atoms with Crippen LogP contribution in [0.2, 0.25) is 0 Å². The quantitative estimate of drug-likeness (QED) is 0.907. The lowest BCUT2D eigenvalue weighted by molar-refractivity contribution is 0.0777. The Hall–Kier alpha value is -1.50. The molecule has 6 heteroatoms. The van der Waals surface area contributed by atoms with E-state index in [0.29, 0.717) is 6.04 Å². The molecular formula is C18H22FN3OS. The van der Waals surface area contributed by atoms with Crippen LogP contribution in [0.15, 0.2) is 18.2 Å². The first-order valence-corrected chi connectivity index (χ1v) is 9.38. The topological polar surface area (TPSA) is 35.6 Å². The number of rotatable bonds is 2. The van der Waals surface area contributed by atoms with Crippen LogP contribution in [0, 0.1) is 12.7 Å². The molecule has 1 N–H and O–H groups in total. The van der Waals surface area contributed by atoms with Gasteiger partial charge in [0.05, 0.1) is 4.88 Å². The molecule has 0 aliphatic carbocycles. The zero-order valence-electron chi connectivity index (χ0n) is 13.8. The van der Waals surface area contributed by atoms with E-state index in [4.69, 9.17) is 0 Å². The number of nitrogens with one attached hydrogen (secondary N) is 1. The monoisotopic (exact) mass is 347 g/mol. The number of piperazine rings is 1. The Morgan fingerprint density at radius 2 is 2.08 bits per heavy atom. The molecular weight excluding hydrogens is 325 g/mol. The van der Waals surface area contributed by atoms with Crippen LogP contribution in [0.1, 0.15) is 21.7 Å². The summed E-state index contributed by atoms with van der Waals surface area (Å²) in [6, 6.07) is 5.24. The fourth-order valence-electron chi connectivity index (χ4n) is 3.81. The number of nitrogens with zero attached hydrogens (tertiary/aromatic N) is 2. The van der Waals surface area contributed by atoms with Crippen molar-refractivity contribution in [3.8, 4) is 0 Å². The van der Waals surface area contributed by atoms with Crippen LogP contribution in [0.3, 0.4) is 0 Å². The van der Waals surface area contributed by atoms with Gasteiger partial charge < -0.3 is 10.2 Å². The summed E-state index contributed by atoms with van der Waals surface area (Å²) in [5, 5.41) is 4.24. The molecule has 2 fully saturated rings. The summed E-state index contributed by atoms with van der Waals surface area (Å²) in [7, 11) is 0. The number of aryl methyl sites for hydroxylation is 1. The van der Waals surface area contributed by atoms with Crippen molar-refractivity contribution in [2.75, 3.05) is 39.3 Å². The molecule has 0 radical (unpaired) electrons. The molecule has 1 aromatic carbocycles. The summed E-state index contributed by atoms with van der Waals surface area (Å²) >= 11 is 1.48. The molecule has 0 bridgehead atoms. The SMILES string of the molecule is Cc1c(C(=O)N2CCC(N3CCNCC3)C2)sc2ccc(F)cc12. The number of thiophene rings is 1. The maximum Gasteiger partial charge on any atom is 0.264 e. The third kappa shape index (κ3) is 2.83. The fraction of sp³-hybridized carbons (Fsp3) is 0.500. The number of likely N-dealkylation sites (tertiary alicyclic amines) is 1. The highest BCUT2D eigenvalue weighted by molar-refractivity contribution is 7.21. The Balaban J connectivity index is 1.53. The van der Waals surface area contributed by atoms with Crippen LogP contribution in [0.4, 0.5) is 4.39 Å². The highest BCUT2D eigenvalue weighted by Gasteiger charge is 2.32. The van der Waals surface area contributed by atoms with E-state index in [1.807, 2.05) is 11.8 Å². The molecule has 0 saturated carbocycles. The lowest BCUT2D eigenvalue weighted by Crippen LogP contribution is -2.49. The number of hydrogen-bond donors (Lipinski definition) is 1. The molecule has 2 saturated heterocycles. The minimum Gasteiger partial charge on any atom is -0.336 e. The van der Waals surface area contributed by atoms with Gasteiger partial charge in [-0.25, -0.2) is 4.39 Å². The van der Waals surface area contributed by atoms with E-state index in [2.05, 4.69) is 10.2 Å². The van der Waals surface area contributed by atoms with Gasteiger partial charge in [0.15, 0.2) is 0 Å². The van der Waals surface area contributed by atoms with Crippen molar-refractivity contribution in [3.63, 3.8) is 0 Å². The molecule has 24 heavy (non-hydrogen) atoms. The first-order valence-electron chi connectivity index (χ1n) is 8.56. The fourth-order valence-corrected chi connectivity index (χ4v) is 4.97. The van der Waals surface area contributed by atoms with E-state index in [1.165, 1.54) is 23.5 Å². The molecule has 4 nitrogen and oxygen atoms in total. The molecule has 2 aromatic rings. The standard InChI is InChI=1S/C18H22FN3OS/c1-12-15-10-13(19)2-3-16(15)24-17(12)18(23)22-7-4-14(11-22)21-8-5-20-6-9-21/h2-3,10,14,20H,4-9,11H2,1H3. The molecule has 3 heterocycles. The van der Waals surface area contributed by atoms with Crippen LogP contribution in [-0.4, -0.2) is 61.0 Å². The molecule has 0 spiro atoms. The minimum atomic E-state index is -0.248. The van der Waals surface area contributed by atoms with Crippen LogP contribution < -0.4 is 5.32 Å². The summed E-state index contributed by atoms with van der Waals surface area (Å²) < 4.78 is 14.5. The number of carbonyl (C=O) groups is 1. The Morgan fingerprint density at radius 3 is 2.88 bits per heavy atom. The van der Waals surface area contributed by atoms with Crippen molar-refractivity contribution in [1.29, 1.82) is 0 Å². The molecule has 4 rings (SSSR count). The maximum atomic E-state index is 13.5.